The van der Waals surface area contributed by atoms with Crippen LogP contribution in [0.5, 0.6) is 0 Å². The molecule has 126 valence electrons. The van der Waals surface area contributed by atoms with E-state index in [4.69, 9.17) is 16.1 Å². The van der Waals surface area contributed by atoms with Crippen molar-refractivity contribution in [1.82, 2.24) is 15.5 Å². The van der Waals surface area contributed by atoms with Gasteiger partial charge in [-0.2, -0.15) is 4.98 Å². The Bertz CT molecular complexity index is 938. The summed E-state index contributed by atoms with van der Waals surface area (Å²) in [6.45, 7) is 0.980. The molecule has 0 saturated carbocycles. The Labute approximate surface area is 149 Å². The van der Waals surface area contributed by atoms with Crippen LogP contribution in [-0.4, -0.2) is 16.0 Å². The molecular weight excluding hydrogens is 340 g/mol. The lowest BCUT2D eigenvalue weighted by Crippen LogP contribution is -2.12. The van der Waals surface area contributed by atoms with Crippen LogP contribution in [0, 0.1) is 0 Å². The van der Waals surface area contributed by atoms with Gasteiger partial charge in [0, 0.05) is 29.2 Å². The van der Waals surface area contributed by atoms with Gasteiger partial charge in [0.1, 0.15) is 0 Å². The van der Waals surface area contributed by atoms with Crippen LogP contribution in [0.4, 0.5) is 5.69 Å². The van der Waals surface area contributed by atoms with E-state index in [1.54, 1.807) is 0 Å². The van der Waals surface area contributed by atoms with Crippen LogP contribution in [0.25, 0.3) is 0 Å². The molecule has 1 amide bonds. The molecule has 2 heterocycles. The first-order chi connectivity index (χ1) is 12.2. The molecule has 0 saturated heterocycles. The largest absolute Gasteiger partial charge is 0.376 e. The van der Waals surface area contributed by atoms with Gasteiger partial charge < -0.3 is 15.2 Å². The molecule has 0 fully saturated rings. The minimum absolute atomic E-state index is 0.0414. The van der Waals surface area contributed by atoms with E-state index in [0.29, 0.717) is 41.8 Å². The van der Waals surface area contributed by atoms with Crippen LogP contribution in [-0.2, 0) is 19.5 Å². The van der Waals surface area contributed by atoms with Gasteiger partial charge in [-0.05, 0) is 35.4 Å². The third kappa shape index (κ3) is 3.49. The number of anilines is 1. The van der Waals surface area contributed by atoms with E-state index in [1.807, 2.05) is 42.5 Å². The third-order valence-corrected chi connectivity index (χ3v) is 4.23. The summed E-state index contributed by atoms with van der Waals surface area (Å²) in [4.78, 5) is 16.1. The van der Waals surface area contributed by atoms with Crippen molar-refractivity contribution >= 4 is 23.2 Å². The number of rotatable bonds is 5. The van der Waals surface area contributed by atoms with Gasteiger partial charge in [0.05, 0.1) is 6.54 Å². The second-order valence-corrected chi connectivity index (χ2v) is 6.26. The topological polar surface area (TPSA) is 80.0 Å². The maximum absolute atomic E-state index is 11.7. The molecule has 1 aliphatic heterocycles. The average molecular weight is 355 g/mol. The van der Waals surface area contributed by atoms with Gasteiger partial charge in [0.2, 0.25) is 5.89 Å². The van der Waals surface area contributed by atoms with E-state index in [0.717, 1.165) is 16.8 Å². The maximum atomic E-state index is 11.7. The number of fused-ring (bicyclic) bond motifs is 1. The Hall–Kier alpha value is -2.86. The van der Waals surface area contributed by atoms with Crippen molar-refractivity contribution < 1.29 is 9.32 Å². The monoisotopic (exact) mass is 354 g/mol. The summed E-state index contributed by atoms with van der Waals surface area (Å²) in [6.07, 6.45) is 0.559. The molecule has 3 aromatic rings. The number of nitrogens with one attached hydrogen (secondary N) is 2. The summed E-state index contributed by atoms with van der Waals surface area (Å²) < 4.78 is 5.27. The van der Waals surface area contributed by atoms with Gasteiger partial charge >= 0.3 is 0 Å². The van der Waals surface area contributed by atoms with E-state index in [-0.39, 0.29) is 5.91 Å². The number of nitrogens with zero attached hydrogens (tertiary/aromatic N) is 2. The zero-order valence-electron chi connectivity index (χ0n) is 13.3. The zero-order chi connectivity index (χ0) is 17.2. The SMILES string of the molecule is O=C1NCc2ccc(NCc3nc(Cc4cccc(Cl)c4)no3)cc21. The summed E-state index contributed by atoms with van der Waals surface area (Å²) >= 11 is 5.98. The normalized spacial score (nSPS) is 12.8. The van der Waals surface area contributed by atoms with Crippen molar-refractivity contribution in [3.05, 3.63) is 75.9 Å². The molecular formula is C18H15ClN4O2. The van der Waals surface area contributed by atoms with Crippen molar-refractivity contribution in [2.24, 2.45) is 0 Å². The quantitative estimate of drug-likeness (QED) is 0.735. The van der Waals surface area contributed by atoms with Crippen LogP contribution in [0.1, 0.15) is 33.2 Å². The number of aromatic nitrogens is 2. The highest BCUT2D eigenvalue weighted by Gasteiger charge is 2.18. The average Bonchev–Trinajstić information content (AvgIpc) is 3.20. The van der Waals surface area contributed by atoms with E-state index in [2.05, 4.69) is 20.8 Å². The molecule has 4 rings (SSSR count). The second kappa shape index (κ2) is 6.57. The van der Waals surface area contributed by atoms with Gasteiger partial charge in [-0.25, -0.2) is 0 Å². The number of carbonyl (C=O) groups excluding carboxylic acids is 1. The van der Waals surface area contributed by atoms with E-state index >= 15 is 0 Å². The fraction of sp³-hybridized carbons (Fsp3) is 0.167. The molecule has 25 heavy (non-hydrogen) atoms. The van der Waals surface area contributed by atoms with E-state index in [9.17, 15) is 4.79 Å². The Morgan fingerprint density at radius 3 is 3.04 bits per heavy atom. The lowest BCUT2D eigenvalue weighted by atomic mass is 10.1. The van der Waals surface area contributed by atoms with Gasteiger partial charge in [-0.1, -0.05) is 35.0 Å². The number of hydrogen-bond acceptors (Lipinski definition) is 5. The van der Waals surface area contributed by atoms with E-state index < -0.39 is 0 Å². The molecule has 0 spiro atoms. The molecule has 0 atom stereocenters. The van der Waals surface area contributed by atoms with Crippen LogP contribution in [0.3, 0.4) is 0 Å². The van der Waals surface area contributed by atoms with Gasteiger partial charge in [0.15, 0.2) is 5.82 Å². The zero-order valence-corrected chi connectivity index (χ0v) is 14.0. The molecule has 0 aliphatic carbocycles. The first-order valence-corrected chi connectivity index (χ1v) is 8.26. The van der Waals surface area contributed by atoms with Gasteiger partial charge in [0.25, 0.3) is 5.91 Å². The summed E-state index contributed by atoms with van der Waals surface area (Å²) in [5.41, 5.74) is 3.58. The van der Waals surface area contributed by atoms with Crippen molar-refractivity contribution in [1.29, 1.82) is 0 Å². The lowest BCUT2D eigenvalue weighted by Gasteiger charge is -2.04. The highest BCUT2D eigenvalue weighted by Crippen LogP contribution is 2.20. The summed E-state index contributed by atoms with van der Waals surface area (Å²) in [5, 5.41) is 10.7. The molecule has 0 bridgehead atoms. The number of benzene rings is 2. The molecule has 0 radical (unpaired) electrons. The highest BCUT2D eigenvalue weighted by atomic mass is 35.5. The first-order valence-electron chi connectivity index (χ1n) is 7.88. The van der Waals surface area contributed by atoms with Crippen LogP contribution >= 0.6 is 11.6 Å². The molecule has 7 heteroatoms. The first kappa shape index (κ1) is 15.7. The number of hydrogen-bond donors (Lipinski definition) is 2. The van der Waals surface area contributed by atoms with Gasteiger partial charge in [-0.3, -0.25) is 4.79 Å². The van der Waals surface area contributed by atoms with Crippen LogP contribution < -0.4 is 10.6 Å². The predicted molar refractivity (Wildman–Crippen MR) is 93.5 cm³/mol. The number of carbonyl (C=O) groups is 1. The Morgan fingerprint density at radius 2 is 2.16 bits per heavy atom. The van der Waals surface area contributed by atoms with Crippen molar-refractivity contribution in [2.75, 3.05) is 5.32 Å². The second-order valence-electron chi connectivity index (χ2n) is 5.82. The number of halogens is 1. The molecule has 6 nitrogen and oxygen atoms in total. The fourth-order valence-corrected chi connectivity index (χ4v) is 2.98. The molecule has 1 aromatic heterocycles. The minimum atomic E-state index is -0.0414. The van der Waals surface area contributed by atoms with Crippen LogP contribution in [0.15, 0.2) is 47.0 Å². The van der Waals surface area contributed by atoms with E-state index in [1.165, 1.54) is 0 Å². The molecule has 0 unspecified atom stereocenters. The van der Waals surface area contributed by atoms with Gasteiger partial charge in [-0.15, -0.1) is 0 Å². The fourth-order valence-electron chi connectivity index (χ4n) is 2.76. The molecule has 2 aromatic carbocycles. The number of amides is 1. The highest BCUT2D eigenvalue weighted by molar-refractivity contribution is 6.30. The Kier molecular flexibility index (Phi) is 4.11. The summed E-state index contributed by atoms with van der Waals surface area (Å²) in [6, 6.07) is 13.3. The standard InChI is InChI=1S/C18H15ClN4O2/c19-13-3-1-2-11(6-13)7-16-22-17(25-23-16)10-20-14-5-4-12-9-21-18(24)15(12)8-14/h1-6,8,20H,7,9-10H2,(H,21,24). The smallest absolute Gasteiger partial charge is 0.251 e. The summed E-state index contributed by atoms with van der Waals surface area (Å²) in [5.74, 6) is 1.05. The Morgan fingerprint density at radius 1 is 1.24 bits per heavy atom. The maximum Gasteiger partial charge on any atom is 0.251 e. The Balaban J connectivity index is 1.40. The third-order valence-electron chi connectivity index (χ3n) is 4.00. The minimum Gasteiger partial charge on any atom is -0.376 e. The molecule has 2 N–H and O–H groups in total. The van der Waals surface area contributed by atoms with Crippen molar-refractivity contribution in [3.63, 3.8) is 0 Å². The summed E-state index contributed by atoms with van der Waals surface area (Å²) in [7, 11) is 0. The molecule has 1 aliphatic rings. The lowest BCUT2D eigenvalue weighted by molar-refractivity contribution is 0.0966. The van der Waals surface area contributed by atoms with Crippen LogP contribution in [0.2, 0.25) is 5.02 Å². The predicted octanol–water partition coefficient (Wildman–Crippen LogP) is 3.17. The van der Waals surface area contributed by atoms with Crippen molar-refractivity contribution in [3.8, 4) is 0 Å². The van der Waals surface area contributed by atoms with Crippen molar-refractivity contribution in [2.45, 2.75) is 19.5 Å².